The van der Waals surface area contributed by atoms with Gasteiger partial charge in [-0.25, -0.2) is 0 Å². The minimum atomic E-state index is -3.16. The summed E-state index contributed by atoms with van der Waals surface area (Å²) in [5.74, 6) is 0. The Balaban J connectivity index is 0. The van der Waals surface area contributed by atoms with Crippen LogP contribution in [0.4, 0.5) is 0 Å². The first-order chi connectivity index (χ1) is 2.56. The molecule has 0 radical (unpaired) electrons. The van der Waals surface area contributed by atoms with Gasteiger partial charge in [0.15, 0.2) is 0 Å². The van der Waals surface area contributed by atoms with E-state index >= 15 is 0 Å². The van der Waals surface area contributed by atoms with E-state index < -0.39 is 10.1 Å². The fraction of sp³-hybridized carbons (Fsp3) is 1.00. The molecule has 0 fully saturated rings. The summed E-state index contributed by atoms with van der Waals surface area (Å²) < 4.78 is 23.5. The third-order valence-corrected chi connectivity index (χ3v) is 0.908. The van der Waals surface area contributed by atoms with Crippen molar-refractivity contribution in [2.75, 3.05) is 13.4 Å². The van der Waals surface area contributed by atoms with Crippen LogP contribution in [0.2, 0.25) is 0 Å². The second-order valence-electron chi connectivity index (χ2n) is 0.871. The molecule has 0 aliphatic rings. The number of hydrogen-bond donors (Lipinski definition) is 0. The van der Waals surface area contributed by atoms with E-state index in [1.165, 1.54) is 0 Å². The first-order valence-corrected chi connectivity index (χ1v) is 3.13. The molecule has 0 rings (SSSR count). The van der Waals surface area contributed by atoms with Crippen molar-refractivity contribution in [3.05, 3.63) is 0 Å². The number of halogens is 1. The van der Waals surface area contributed by atoms with Crippen LogP contribution in [0.5, 0.6) is 0 Å². The molecule has 46 valence electrons. The lowest BCUT2D eigenvalue weighted by Gasteiger charge is -1.84. The lowest BCUT2D eigenvalue weighted by Crippen LogP contribution is -1.95. The van der Waals surface area contributed by atoms with Crippen LogP contribution in [0.15, 0.2) is 0 Å². The molecule has 0 aliphatic carbocycles. The topological polar surface area (TPSA) is 43.4 Å². The molecule has 0 saturated heterocycles. The van der Waals surface area contributed by atoms with Gasteiger partial charge in [0.2, 0.25) is 0 Å². The zero-order valence-electron chi connectivity index (χ0n) is 4.04. The zero-order valence-corrected chi connectivity index (χ0v) is 5.67. The van der Waals surface area contributed by atoms with Gasteiger partial charge in [0.25, 0.3) is 10.1 Å². The van der Waals surface area contributed by atoms with Crippen LogP contribution >= 0.6 is 12.4 Å². The Morgan fingerprint density at radius 3 is 1.57 bits per heavy atom. The molecule has 0 bridgehead atoms. The van der Waals surface area contributed by atoms with Gasteiger partial charge in [0.1, 0.15) is 0 Å². The lowest BCUT2D eigenvalue weighted by atomic mass is 11.8. The summed E-state index contributed by atoms with van der Waals surface area (Å²) in [4.78, 5) is 0. The summed E-state index contributed by atoms with van der Waals surface area (Å²) in [6.45, 7) is 0. The van der Waals surface area contributed by atoms with E-state index in [9.17, 15) is 8.42 Å². The quantitative estimate of drug-likeness (QED) is 0.490. The fourth-order valence-corrected chi connectivity index (χ4v) is 0. The van der Waals surface area contributed by atoms with Crippen LogP contribution in [0.25, 0.3) is 0 Å². The normalized spacial score (nSPS) is 10.0. The SMILES string of the molecule is COS(C)(=O)=O.Cl. The molecule has 0 aromatic rings. The summed E-state index contributed by atoms with van der Waals surface area (Å²) in [6, 6.07) is 0. The van der Waals surface area contributed by atoms with Gasteiger partial charge in [0, 0.05) is 0 Å². The molecule has 0 saturated carbocycles. The van der Waals surface area contributed by atoms with Crippen molar-refractivity contribution in [2.24, 2.45) is 0 Å². The molecule has 0 N–H and O–H groups in total. The highest BCUT2D eigenvalue weighted by Crippen LogP contribution is 1.75. The van der Waals surface area contributed by atoms with E-state index in [0.29, 0.717) is 0 Å². The van der Waals surface area contributed by atoms with Gasteiger partial charge in [-0.15, -0.1) is 12.4 Å². The van der Waals surface area contributed by atoms with Crippen molar-refractivity contribution in [3.63, 3.8) is 0 Å². The van der Waals surface area contributed by atoms with Gasteiger partial charge in [-0.3, -0.25) is 4.18 Å². The maximum absolute atomic E-state index is 9.78. The maximum atomic E-state index is 9.78. The molecule has 0 spiro atoms. The van der Waals surface area contributed by atoms with E-state index in [1.807, 2.05) is 0 Å². The molecular formula is C2H7ClO3S. The van der Waals surface area contributed by atoms with Gasteiger partial charge in [-0.1, -0.05) is 0 Å². The van der Waals surface area contributed by atoms with Gasteiger partial charge in [-0.2, -0.15) is 8.42 Å². The molecule has 3 nitrogen and oxygen atoms in total. The predicted molar refractivity (Wildman–Crippen MR) is 29.1 cm³/mol. The fourth-order valence-electron chi connectivity index (χ4n) is 0. The molecule has 0 aliphatic heterocycles. The largest absolute Gasteiger partial charge is 0.274 e. The molecule has 0 amide bonds. The Kier molecular flexibility index (Phi) is 4.73. The molecule has 0 aromatic carbocycles. The van der Waals surface area contributed by atoms with Gasteiger partial charge in [-0.05, 0) is 0 Å². The highest BCUT2D eigenvalue weighted by atomic mass is 35.5. The van der Waals surface area contributed by atoms with E-state index in [-0.39, 0.29) is 12.4 Å². The second kappa shape index (κ2) is 3.23. The van der Waals surface area contributed by atoms with E-state index in [1.54, 1.807) is 0 Å². The van der Waals surface area contributed by atoms with Crippen LogP contribution in [0, 0.1) is 0 Å². The lowest BCUT2D eigenvalue weighted by molar-refractivity contribution is 0.403. The molecule has 5 heteroatoms. The third-order valence-electron chi connectivity index (χ3n) is 0.303. The van der Waals surface area contributed by atoms with Crippen LogP contribution in [0.1, 0.15) is 0 Å². The van der Waals surface area contributed by atoms with Crippen LogP contribution in [-0.2, 0) is 14.3 Å². The summed E-state index contributed by atoms with van der Waals surface area (Å²) in [7, 11) is -2.04. The Bertz CT molecular complexity index is 115. The highest BCUT2D eigenvalue weighted by molar-refractivity contribution is 7.85. The van der Waals surface area contributed by atoms with Crippen molar-refractivity contribution < 1.29 is 12.6 Å². The van der Waals surface area contributed by atoms with Gasteiger partial charge >= 0.3 is 0 Å². The molecule has 0 unspecified atom stereocenters. The number of rotatable bonds is 1. The second-order valence-corrected chi connectivity index (χ2v) is 2.61. The summed E-state index contributed by atoms with van der Waals surface area (Å²) in [5.41, 5.74) is 0. The molecule has 0 heterocycles. The number of hydrogen-bond acceptors (Lipinski definition) is 3. The van der Waals surface area contributed by atoms with Crippen molar-refractivity contribution in [2.45, 2.75) is 0 Å². The summed E-state index contributed by atoms with van der Waals surface area (Å²) in [5, 5.41) is 0. The van der Waals surface area contributed by atoms with Crippen molar-refractivity contribution >= 4 is 22.5 Å². The Morgan fingerprint density at radius 1 is 1.43 bits per heavy atom. The maximum Gasteiger partial charge on any atom is 0.264 e. The van der Waals surface area contributed by atoms with E-state index in [2.05, 4.69) is 4.18 Å². The van der Waals surface area contributed by atoms with Crippen molar-refractivity contribution in [1.82, 2.24) is 0 Å². The third kappa shape index (κ3) is 10.7. The van der Waals surface area contributed by atoms with Crippen LogP contribution in [0.3, 0.4) is 0 Å². The molecular weight excluding hydrogens is 140 g/mol. The van der Waals surface area contributed by atoms with Gasteiger partial charge < -0.3 is 0 Å². The smallest absolute Gasteiger partial charge is 0.264 e. The standard InChI is InChI=1S/C2H6O3S.ClH/c1-5-6(2,3)4;/h1-2H3;1H. The van der Waals surface area contributed by atoms with Crippen molar-refractivity contribution in [3.8, 4) is 0 Å². The van der Waals surface area contributed by atoms with Crippen LogP contribution in [-0.4, -0.2) is 21.8 Å². The molecule has 0 aromatic heterocycles. The predicted octanol–water partition coefficient (Wildman–Crippen LogP) is 0.0142. The Morgan fingerprint density at radius 2 is 1.57 bits per heavy atom. The monoisotopic (exact) mass is 146 g/mol. The molecule has 7 heavy (non-hydrogen) atoms. The average Bonchev–Trinajstić information content (AvgIpc) is 1.35. The summed E-state index contributed by atoms with van der Waals surface area (Å²) >= 11 is 0. The first kappa shape index (κ1) is 10.2. The minimum absolute atomic E-state index is 0. The van der Waals surface area contributed by atoms with Crippen molar-refractivity contribution in [1.29, 1.82) is 0 Å². The average molecular weight is 147 g/mol. The Hall–Kier alpha value is 0.200. The summed E-state index contributed by atoms with van der Waals surface area (Å²) in [6.07, 6.45) is 0.993. The van der Waals surface area contributed by atoms with Crippen LogP contribution < -0.4 is 0 Å². The van der Waals surface area contributed by atoms with Gasteiger partial charge in [0.05, 0.1) is 13.4 Å². The minimum Gasteiger partial charge on any atom is -0.274 e. The zero-order chi connectivity index (χ0) is 5.21. The van der Waals surface area contributed by atoms with E-state index in [0.717, 1.165) is 13.4 Å². The highest BCUT2D eigenvalue weighted by Gasteiger charge is 1.90. The van der Waals surface area contributed by atoms with E-state index in [4.69, 9.17) is 0 Å². The Labute approximate surface area is 49.2 Å². The first-order valence-electron chi connectivity index (χ1n) is 1.32. The molecule has 0 atom stereocenters.